The lowest BCUT2D eigenvalue weighted by Gasteiger charge is -2.12. The molecule has 11 heavy (non-hydrogen) atoms. The van der Waals surface area contributed by atoms with Gasteiger partial charge in [-0.15, -0.1) is 12.4 Å². The number of hydrogen-bond donors (Lipinski definition) is 1. The van der Waals surface area contributed by atoms with Crippen molar-refractivity contribution in [2.75, 3.05) is 7.11 Å². The van der Waals surface area contributed by atoms with E-state index < -0.39 is 0 Å². The third-order valence-corrected chi connectivity index (χ3v) is 1.72. The van der Waals surface area contributed by atoms with E-state index in [-0.39, 0.29) is 12.4 Å². The van der Waals surface area contributed by atoms with Crippen LogP contribution >= 0.6 is 12.4 Å². The third-order valence-electron chi connectivity index (χ3n) is 1.72. The second-order valence-corrected chi connectivity index (χ2v) is 2.46. The zero-order valence-corrected chi connectivity index (χ0v) is 8.33. The van der Waals surface area contributed by atoms with Crippen molar-refractivity contribution in [3.05, 3.63) is 0 Å². The van der Waals surface area contributed by atoms with Crippen LogP contribution in [0.1, 0.15) is 33.1 Å². The smallest absolute Gasteiger partial charge is 0.183 e. The van der Waals surface area contributed by atoms with E-state index >= 15 is 0 Å². The summed E-state index contributed by atoms with van der Waals surface area (Å²) in [7, 11) is 1.57. The fraction of sp³-hybridized carbons (Fsp3) is 0.875. The summed E-state index contributed by atoms with van der Waals surface area (Å²) in [6.07, 6.45) is 3.22. The minimum atomic E-state index is 0. The second kappa shape index (κ2) is 7.86. The van der Waals surface area contributed by atoms with E-state index in [2.05, 4.69) is 13.8 Å². The van der Waals surface area contributed by atoms with Crippen molar-refractivity contribution in [3.63, 3.8) is 0 Å². The number of rotatable bonds is 4. The van der Waals surface area contributed by atoms with Gasteiger partial charge in [0.2, 0.25) is 0 Å². The monoisotopic (exact) mass is 179 g/mol. The highest BCUT2D eigenvalue weighted by Crippen LogP contribution is 2.11. The molecule has 0 aliphatic heterocycles. The van der Waals surface area contributed by atoms with Crippen molar-refractivity contribution in [1.29, 1.82) is 5.41 Å². The van der Waals surface area contributed by atoms with Gasteiger partial charge < -0.3 is 4.74 Å². The first-order valence-electron chi connectivity index (χ1n) is 3.88. The highest BCUT2D eigenvalue weighted by atomic mass is 35.5. The quantitative estimate of drug-likeness (QED) is 0.523. The number of halogens is 1. The predicted octanol–water partition coefficient (Wildman–Crippen LogP) is 2.86. The molecular formula is C8H18ClNO. The standard InChI is InChI=1S/C8H17NO.ClH/c1-4-6-7(5-2)8(9)10-3;/h7,9H,4-6H2,1-3H3;1H/t7-;/m1./s1. The molecule has 2 nitrogen and oxygen atoms in total. The normalized spacial score (nSPS) is 11.5. The van der Waals surface area contributed by atoms with Crippen molar-refractivity contribution in [2.24, 2.45) is 5.92 Å². The fourth-order valence-electron chi connectivity index (χ4n) is 1.04. The van der Waals surface area contributed by atoms with Gasteiger partial charge in [-0.25, -0.2) is 0 Å². The molecule has 0 radical (unpaired) electrons. The highest BCUT2D eigenvalue weighted by Gasteiger charge is 2.10. The van der Waals surface area contributed by atoms with Gasteiger partial charge in [0.05, 0.1) is 7.11 Å². The Balaban J connectivity index is 0. The molecule has 0 rings (SSSR count). The van der Waals surface area contributed by atoms with Crippen LogP contribution in [0.25, 0.3) is 0 Å². The summed E-state index contributed by atoms with van der Waals surface area (Å²) < 4.78 is 4.84. The molecule has 0 aliphatic carbocycles. The molecule has 0 saturated carbocycles. The maximum absolute atomic E-state index is 7.38. The summed E-state index contributed by atoms with van der Waals surface area (Å²) in [5, 5.41) is 7.38. The summed E-state index contributed by atoms with van der Waals surface area (Å²) in [6, 6.07) is 0. The SMILES string of the molecule is CCC[C@@H](CC)C(=N)OC.Cl. The molecule has 0 amide bonds. The number of hydrogen-bond acceptors (Lipinski definition) is 2. The van der Waals surface area contributed by atoms with Crippen molar-refractivity contribution in [2.45, 2.75) is 33.1 Å². The van der Waals surface area contributed by atoms with E-state index in [0.717, 1.165) is 19.3 Å². The average molecular weight is 180 g/mol. The molecule has 0 aromatic rings. The Morgan fingerprint density at radius 2 is 2.00 bits per heavy atom. The van der Waals surface area contributed by atoms with Gasteiger partial charge in [-0.3, -0.25) is 5.41 Å². The minimum Gasteiger partial charge on any atom is -0.484 e. The van der Waals surface area contributed by atoms with Crippen LogP contribution in [0.15, 0.2) is 0 Å². The minimum absolute atomic E-state index is 0. The van der Waals surface area contributed by atoms with Gasteiger partial charge in [0.1, 0.15) is 0 Å². The predicted molar refractivity (Wildman–Crippen MR) is 50.7 cm³/mol. The van der Waals surface area contributed by atoms with Gasteiger partial charge in [0.15, 0.2) is 5.90 Å². The molecule has 0 aromatic carbocycles. The summed E-state index contributed by atoms with van der Waals surface area (Å²) in [5.41, 5.74) is 0. The molecule has 0 unspecified atom stereocenters. The van der Waals surface area contributed by atoms with Crippen LogP contribution in [-0.4, -0.2) is 13.0 Å². The van der Waals surface area contributed by atoms with Crippen LogP contribution in [-0.2, 0) is 4.74 Å². The lowest BCUT2D eigenvalue weighted by Crippen LogP contribution is -2.13. The largest absolute Gasteiger partial charge is 0.484 e. The first kappa shape index (κ1) is 13.4. The maximum Gasteiger partial charge on any atom is 0.183 e. The van der Waals surface area contributed by atoms with Gasteiger partial charge in [0.25, 0.3) is 0 Å². The molecule has 68 valence electrons. The number of ether oxygens (including phenoxy) is 1. The second-order valence-electron chi connectivity index (χ2n) is 2.46. The zero-order valence-electron chi connectivity index (χ0n) is 7.52. The third kappa shape index (κ3) is 5.08. The Morgan fingerprint density at radius 1 is 1.45 bits per heavy atom. The molecule has 0 spiro atoms. The molecule has 0 aromatic heterocycles. The van der Waals surface area contributed by atoms with Crippen molar-refractivity contribution in [3.8, 4) is 0 Å². The van der Waals surface area contributed by atoms with Crippen molar-refractivity contribution in [1.82, 2.24) is 0 Å². The van der Waals surface area contributed by atoms with E-state index in [1.165, 1.54) is 0 Å². The summed E-state index contributed by atoms with van der Waals surface area (Å²) in [5.74, 6) is 0.777. The Morgan fingerprint density at radius 3 is 2.27 bits per heavy atom. The van der Waals surface area contributed by atoms with Gasteiger partial charge >= 0.3 is 0 Å². The zero-order chi connectivity index (χ0) is 7.98. The van der Waals surface area contributed by atoms with E-state index in [1.807, 2.05) is 0 Å². The molecule has 1 atom stereocenters. The van der Waals surface area contributed by atoms with Gasteiger partial charge in [-0.2, -0.15) is 0 Å². The molecule has 0 fully saturated rings. The van der Waals surface area contributed by atoms with E-state index in [9.17, 15) is 0 Å². The van der Waals surface area contributed by atoms with Crippen molar-refractivity contribution < 1.29 is 4.74 Å². The lowest BCUT2D eigenvalue weighted by atomic mass is 10.0. The maximum atomic E-state index is 7.38. The van der Waals surface area contributed by atoms with E-state index in [0.29, 0.717) is 11.8 Å². The van der Waals surface area contributed by atoms with Crippen LogP contribution < -0.4 is 0 Å². The van der Waals surface area contributed by atoms with Crippen LogP contribution in [0.3, 0.4) is 0 Å². The molecule has 0 bridgehead atoms. The van der Waals surface area contributed by atoms with Crippen molar-refractivity contribution >= 4 is 18.3 Å². The first-order chi connectivity index (χ1) is 4.76. The Bertz CT molecular complexity index is 106. The molecule has 0 heterocycles. The average Bonchev–Trinajstić information content (AvgIpc) is 1.99. The van der Waals surface area contributed by atoms with Crippen LogP contribution in [0.5, 0.6) is 0 Å². The van der Waals surface area contributed by atoms with Crippen LogP contribution in [0.4, 0.5) is 0 Å². The lowest BCUT2D eigenvalue weighted by molar-refractivity contribution is 0.350. The number of nitrogens with one attached hydrogen (secondary N) is 1. The van der Waals surface area contributed by atoms with Gasteiger partial charge in [-0.05, 0) is 12.8 Å². The van der Waals surface area contributed by atoms with E-state index in [4.69, 9.17) is 10.1 Å². The highest BCUT2D eigenvalue weighted by molar-refractivity contribution is 5.85. The van der Waals surface area contributed by atoms with Gasteiger partial charge in [0, 0.05) is 5.92 Å². The summed E-state index contributed by atoms with van der Waals surface area (Å²) >= 11 is 0. The molecule has 3 heteroatoms. The molecule has 0 aliphatic rings. The Kier molecular flexibility index (Phi) is 9.55. The molecular weight excluding hydrogens is 162 g/mol. The van der Waals surface area contributed by atoms with Crippen LogP contribution in [0.2, 0.25) is 0 Å². The Hall–Kier alpha value is -0.240. The summed E-state index contributed by atoms with van der Waals surface area (Å²) in [6.45, 7) is 4.22. The first-order valence-corrected chi connectivity index (χ1v) is 3.88. The van der Waals surface area contributed by atoms with Crippen LogP contribution in [0, 0.1) is 11.3 Å². The topological polar surface area (TPSA) is 33.1 Å². The number of methoxy groups -OCH3 is 1. The fourth-order valence-corrected chi connectivity index (χ4v) is 1.04. The summed E-state index contributed by atoms with van der Waals surface area (Å²) in [4.78, 5) is 0. The van der Waals surface area contributed by atoms with E-state index in [1.54, 1.807) is 7.11 Å². The van der Waals surface area contributed by atoms with Gasteiger partial charge in [-0.1, -0.05) is 20.3 Å². The molecule has 0 saturated heterocycles. The molecule has 1 N–H and O–H groups in total. The Labute approximate surface area is 75.2 Å².